The van der Waals surface area contributed by atoms with E-state index in [1.807, 2.05) is 24.3 Å². The molecule has 0 atom stereocenters. The minimum Gasteiger partial charge on any atom is -0.489 e. The van der Waals surface area contributed by atoms with Gasteiger partial charge in [-0.25, -0.2) is 0 Å². The molecule has 0 heterocycles. The molecule has 0 bridgehead atoms. The summed E-state index contributed by atoms with van der Waals surface area (Å²) in [7, 11) is 1.75. The van der Waals surface area contributed by atoms with Crippen LogP contribution in [0.4, 0.5) is 5.69 Å². The largest absolute Gasteiger partial charge is 0.489 e. The molecule has 0 unspecified atom stereocenters. The zero-order chi connectivity index (χ0) is 17.5. The summed E-state index contributed by atoms with van der Waals surface area (Å²) in [4.78, 5) is 11.5. The van der Waals surface area contributed by atoms with E-state index >= 15 is 0 Å². The van der Waals surface area contributed by atoms with E-state index in [1.165, 1.54) is 11.1 Å². The van der Waals surface area contributed by atoms with Gasteiger partial charge in [-0.15, -0.1) is 0 Å². The van der Waals surface area contributed by atoms with Gasteiger partial charge in [-0.3, -0.25) is 4.79 Å². The Morgan fingerprint density at radius 1 is 1.12 bits per heavy atom. The van der Waals surface area contributed by atoms with E-state index in [-0.39, 0.29) is 5.91 Å². The molecule has 1 amide bonds. The van der Waals surface area contributed by atoms with Gasteiger partial charge in [0.25, 0.3) is 0 Å². The van der Waals surface area contributed by atoms with Gasteiger partial charge in [0.15, 0.2) is 0 Å². The summed E-state index contributed by atoms with van der Waals surface area (Å²) >= 11 is 0. The molecule has 0 aliphatic rings. The van der Waals surface area contributed by atoms with Crippen LogP contribution in [0, 0.1) is 6.92 Å². The van der Waals surface area contributed by atoms with Gasteiger partial charge in [0.1, 0.15) is 12.4 Å². The summed E-state index contributed by atoms with van der Waals surface area (Å²) in [6.07, 6.45) is 0. The highest BCUT2D eigenvalue weighted by Gasteiger charge is 2.08. The molecule has 0 fully saturated rings. The second kappa shape index (κ2) is 8.50. The minimum atomic E-state index is -0.0529. The summed E-state index contributed by atoms with van der Waals surface area (Å²) < 4.78 is 6.03. The molecular weight excluding hydrogens is 300 g/mol. The lowest BCUT2D eigenvalue weighted by atomic mass is 10.0. The van der Waals surface area contributed by atoms with Crippen molar-refractivity contribution in [2.24, 2.45) is 0 Å². The number of likely N-dealkylation sites (N-methyl/N-ethyl adjacent to an activating group) is 1. The van der Waals surface area contributed by atoms with Crippen molar-refractivity contribution in [2.45, 2.75) is 33.3 Å². The topological polar surface area (TPSA) is 50.4 Å². The third kappa shape index (κ3) is 5.10. The maximum atomic E-state index is 11.5. The van der Waals surface area contributed by atoms with Gasteiger partial charge in [-0.1, -0.05) is 38.1 Å². The zero-order valence-electron chi connectivity index (χ0n) is 14.8. The minimum absolute atomic E-state index is 0.0529. The van der Waals surface area contributed by atoms with E-state index in [1.54, 1.807) is 7.05 Å². The average Bonchev–Trinajstić information content (AvgIpc) is 2.54. The lowest BCUT2D eigenvalue weighted by Gasteiger charge is -2.15. The molecule has 128 valence electrons. The monoisotopic (exact) mass is 326 g/mol. The predicted octanol–water partition coefficient (Wildman–Crippen LogP) is 3.86. The Balaban J connectivity index is 2.00. The molecule has 0 aliphatic heterocycles. The SMILES string of the molecule is CNCC(=O)Nc1ccc(COc2cc(C)ccc2C(C)C)cc1. The summed E-state index contributed by atoms with van der Waals surface area (Å²) in [5.74, 6) is 1.31. The van der Waals surface area contributed by atoms with Gasteiger partial charge in [0.2, 0.25) is 5.91 Å². The van der Waals surface area contributed by atoms with Gasteiger partial charge in [0, 0.05) is 5.69 Å². The van der Waals surface area contributed by atoms with Crippen molar-refractivity contribution in [2.75, 3.05) is 18.9 Å². The van der Waals surface area contributed by atoms with Gasteiger partial charge in [-0.2, -0.15) is 0 Å². The molecule has 0 saturated carbocycles. The van der Waals surface area contributed by atoms with Gasteiger partial charge < -0.3 is 15.4 Å². The molecule has 4 heteroatoms. The molecule has 0 aliphatic carbocycles. The first-order valence-corrected chi connectivity index (χ1v) is 8.26. The number of amides is 1. The summed E-state index contributed by atoms with van der Waals surface area (Å²) in [6, 6.07) is 14.1. The lowest BCUT2D eigenvalue weighted by Crippen LogP contribution is -2.24. The first-order chi connectivity index (χ1) is 11.5. The molecule has 2 rings (SSSR count). The van der Waals surface area contributed by atoms with Gasteiger partial charge >= 0.3 is 0 Å². The Morgan fingerprint density at radius 3 is 2.46 bits per heavy atom. The van der Waals surface area contributed by atoms with E-state index in [9.17, 15) is 4.79 Å². The summed E-state index contributed by atoms with van der Waals surface area (Å²) in [6.45, 7) is 7.21. The third-order valence-electron chi connectivity index (χ3n) is 3.76. The zero-order valence-corrected chi connectivity index (χ0v) is 14.8. The van der Waals surface area contributed by atoms with Crippen molar-refractivity contribution in [1.29, 1.82) is 0 Å². The van der Waals surface area contributed by atoms with Crippen LogP contribution in [0.5, 0.6) is 5.75 Å². The van der Waals surface area contributed by atoms with Crippen LogP contribution in [0.1, 0.15) is 36.5 Å². The second-order valence-electron chi connectivity index (χ2n) is 6.26. The summed E-state index contributed by atoms with van der Waals surface area (Å²) in [5.41, 5.74) is 4.27. The van der Waals surface area contributed by atoms with Crippen molar-refractivity contribution < 1.29 is 9.53 Å². The predicted molar refractivity (Wildman–Crippen MR) is 98.6 cm³/mol. The first kappa shape index (κ1) is 18.0. The molecule has 2 aromatic carbocycles. The Kier molecular flexibility index (Phi) is 6.38. The van der Waals surface area contributed by atoms with Crippen molar-refractivity contribution in [1.82, 2.24) is 5.32 Å². The molecular formula is C20H26N2O2. The van der Waals surface area contributed by atoms with Gasteiger partial charge in [-0.05, 0) is 54.8 Å². The number of nitrogens with one attached hydrogen (secondary N) is 2. The van der Waals surface area contributed by atoms with Crippen molar-refractivity contribution in [3.05, 3.63) is 59.2 Å². The number of carbonyl (C=O) groups is 1. The molecule has 0 aromatic heterocycles. The van der Waals surface area contributed by atoms with Crippen LogP contribution in [0.15, 0.2) is 42.5 Å². The number of anilines is 1. The fourth-order valence-electron chi connectivity index (χ4n) is 2.45. The van der Waals surface area contributed by atoms with Crippen molar-refractivity contribution in [3.8, 4) is 5.75 Å². The lowest BCUT2D eigenvalue weighted by molar-refractivity contribution is -0.115. The second-order valence-corrected chi connectivity index (χ2v) is 6.26. The number of rotatable bonds is 7. The Labute approximate surface area is 144 Å². The van der Waals surface area contributed by atoms with Crippen LogP contribution in [0.2, 0.25) is 0 Å². The van der Waals surface area contributed by atoms with E-state index < -0.39 is 0 Å². The number of hydrogen-bond acceptors (Lipinski definition) is 3. The number of benzene rings is 2. The van der Waals surface area contributed by atoms with Gasteiger partial charge in [0.05, 0.1) is 6.54 Å². The smallest absolute Gasteiger partial charge is 0.238 e. The first-order valence-electron chi connectivity index (χ1n) is 8.26. The van der Waals surface area contributed by atoms with Crippen LogP contribution < -0.4 is 15.4 Å². The quantitative estimate of drug-likeness (QED) is 0.812. The van der Waals surface area contributed by atoms with Crippen LogP contribution in [0.25, 0.3) is 0 Å². The Morgan fingerprint density at radius 2 is 1.83 bits per heavy atom. The highest BCUT2D eigenvalue weighted by molar-refractivity contribution is 5.92. The fraction of sp³-hybridized carbons (Fsp3) is 0.350. The van der Waals surface area contributed by atoms with Crippen LogP contribution in [0.3, 0.4) is 0 Å². The molecule has 4 nitrogen and oxygen atoms in total. The van der Waals surface area contributed by atoms with E-state index in [2.05, 4.69) is 49.6 Å². The molecule has 0 spiro atoms. The van der Waals surface area contributed by atoms with E-state index in [0.717, 1.165) is 17.0 Å². The number of ether oxygens (including phenoxy) is 1. The molecule has 2 aromatic rings. The molecule has 24 heavy (non-hydrogen) atoms. The van der Waals surface area contributed by atoms with E-state index in [0.29, 0.717) is 19.1 Å². The average molecular weight is 326 g/mol. The van der Waals surface area contributed by atoms with Crippen LogP contribution in [-0.4, -0.2) is 19.5 Å². The van der Waals surface area contributed by atoms with Crippen molar-refractivity contribution >= 4 is 11.6 Å². The maximum absolute atomic E-state index is 11.5. The maximum Gasteiger partial charge on any atom is 0.238 e. The normalized spacial score (nSPS) is 10.7. The van der Waals surface area contributed by atoms with Crippen LogP contribution in [-0.2, 0) is 11.4 Å². The fourth-order valence-corrected chi connectivity index (χ4v) is 2.45. The molecule has 0 saturated heterocycles. The standard InChI is InChI=1S/C20H26N2O2/c1-14(2)18-10-5-15(3)11-19(18)24-13-16-6-8-17(9-7-16)22-20(23)12-21-4/h5-11,14,21H,12-13H2,1-4H3,(H,22,23). The van der Waals surface area contributed by atoms with E-state index in [4.69, 9.17) is 4.74 Å². The Bertz CT molecular complexity index is 679. The number of carbonyl (C=O) groups excluding carboxylic acids is 1. The highest BCUT2D eigenvalue weighted by atomic mass is 16.5. The Hall–Kier alpha value is -2.33. The van der Waals surface area contributed by atoms with Crippen molar-refractivity contribution in [3.63, 3.8) is 0 Å². The summed E-state index contributed by atoms with van der Waals surface area (Å²) in [5, 5.41) is 5.66. The molecule has 0 radical (unpaired) electrons. The number of hydrogen-bond donors (Lipinski definition) is 2. The van der Waals surface area contributed by atoms with Crippen LogP contribution >= 0.6 is 0 Å². The molecule has 2 N–H and O–H groups in total. The highest BCUT2D eigenvalue weighted by Crippen LogP contribution is 2.28. The number of aryl methyl sites for hydroxylation is 1. The third-order valence-corrected chi connectivity index (χ3v) is 3.76.